The number of carbonyl (C=O) groups excluding carboxylic acids is 2. The molecule has 0 spiro atoms. The Hall–Kier alpha value is -5.17. The van der Waals surface area contributed by atoms with Gasteiger partial charge in [0.15, 0.2) is 0 Å². The van der Waals surface area contributed by atoms with Crippen molar-refractivity contribution >= 4 is 17.9 Å². The topological polar surface area (TPSA) is 81.0 Å². The normalized spacial score (nSPS) is 11.3. The van der Waals surface area contributed by atoms with Gasteiger partial charge in [-0.15, -0.1) is 0 Å². The van der Waals surface area contributed by atoms with Gasteiger partial charge in [0.05, 0.1) is 5.69 Å². The lowest BCUT2D eigenvalue weighted by Gasteiger charge is -2.14. The molecule has 0 aliphatic heterocycles. The van der Waals surface area contributed by atoms with Gasteiger partial charge in [-0.05, 0) is 56.3 Å². The summed E-state index contributed by atoms with van der Waals surface area (Å²) >= 11 is 0. The number of aryl methyl sites for hydroxylation is 2. The molecule has 0 unspecified atom stereocenters. The van der Waals surface area contributed by atoms with Crippen LogP contribution in [-0.4, -0.2) is 26.3 Å². The molecule has 0 saturated heterocycles. The minimum absolute atomic E-state index is 0.0937. The minimum atomic E-state index is -0.455. The Kier molecular flexibility index (Phi) is 6.99. The number of benzene rings is 3. The van der Waals surface area contributed by atoms with Crippen LogP contribution in [0.4, 0.5) is 0 Å². The lowest BCUT2D eigenvalue weighted by molar-refractivity contribution is -0.114. The van der Waals surface area contributed by atoms with E-state index in [0.717, 1.165) is 22.6 Å². The van der Waals surface area contributed by atoms with Crippen LogP contribution in [0.5, 0.6) is 0 Å². The average Bonchev–Trinajstić information content (AvgIpc) is 3.52. The number of rotatable bonds is 7. The number of nitrogens with one attached hydrogen (secondary N) is 2. The number of aromatic nitrogens is 3. The first-order valence-corrected chi connectivity index (χ1v) is 12.2. The molecule has 0 radical (unpaired) electrons. The summed E-state index contributed by atoms with van der Waals surface area (Å²) in [4.78, 5) is 26.7. The molecule has 188 valence electrons. The highest BCUT2D eigenvalue weighted by Crippen LogP contribution is 2.25. The predicted octanol–water partition coefficient (Wildman–Crippen LogP) is 5.50. The highest BCUT2D eigenvalue weighted by molar-refractivity contribution is 6.08. The molecule has 2 aromatic heterocycles. The standard InChI is InChI=1S/C31H27N5O2/c1-22-18-19-23(2)36(22)34-31(38)28(32-30(37)25-14-8-4-9-15-25)20-26-21-35(27-16-10-5-11-17-27)33-29(26)24-12-6-3-7-13-24/h3-21H,1-2H3,(H,32,37)(H,34,38)/b28-20-. The van der Waals surface area contributed by atoms with Gasteiger partial charge in [0.2, 0.25) is 0 Å². The third kappa shape index (κ3) is 5.32. The van der Waals surface area contributed by atoms with E-state index in [9.17, 15) is 9.59 Å². The molecule has 2 heterocycles. The summed E-state index contributed by atoms with van der Waals surface area (Å²) < 4.78 is 3.46. The monoisotopic (exact) mass is 501 g/mol. The SMILES string of the molecule is Cc1ccc(C)n1NC(=O)/C(=C/c1cn(-c2ccccc2)nc1-c1ccccc1)NC(=O)c1ccccc1. The zero-order valence-corrected chi connectivity index (χ0v) is 21.1. The van der Waals surface area contributed by atoms with E-state index >= 15 is 0 Å². The molecule has 7 nitrogen and oxygen atoms in total. The molecule has 3 aromatic carbocycles. The fraction of sp³-hybridized carbons (Fsp3) is 0.0645. The molecule has 2 N–H and O–H groups in total. The molecule has 0 aliphatic carbocycles. The summed E-state index contributed by atoms with van der Waals surface area (Å²) in [5.41, 5.74) is 8.30. The van der Waals surface area contributed by atoms with E-state index in [-0.39, 0.29) is 11.6 Å². The van der Waals surface area contributed by atoms with Gasteiger partial charge in [-0.1, -0.05) is 66.7 Å². The molecule has 7 heteroatoms. The second-order valence-corrected chi connectivity index (χ2v) is 8.85. The van der Waals surface area contributed by atoms with Crippen LogP contribution in [0.3, 0.4) is 0 Å². The molecule has 38 heavy (non-hydrogen) atoms. The van der Waals surface area contributed by atoms with Crippen LogP contribution in [0.1, 0.15) is 27.3 Å². The number of carbonyl (C=O) groups is 2. The number of hydrogen-bond donors (Lipinski definition) is 2. The van der Waals surface area contributed by atoms with E-state index < -0.39 is 5.91 Å². The van der Waals surface area contributed by atoms with E-state index in [1.54, 1.807) is 39.7 Å². The second kappa shape index (κ2) is 10.8. The molecule has 0 fully saturated rings. The third-order valence-electron chi connectivity index (χ3n) is 6.12. The highest BCUT2D eigenvalue weighted by atomic mass is 16.2. The van der Waals surface area contributed by atoms with Gasteiger partial charge in [0.1, 0.15) is 11.4 Å². The van der Waals surface area contributed by atoms with Crippen molar-refractivity contribution in [3.63, 3.8) is 0 Å². The maximum Gasteiger partial charge on any atom is 0.286 e. The van der Waals surface area contributed by atoms with Crippen molar-refractivity contribution < 1.29 is 9.59 Å². The number of amides is 2. The Morgan fingerprint density at radius 2 is 1.34 bits per heavy atom. The maximum atomic E-state index is 13.6. The molecule has 0 aliphatic rings. The fourth-order valence-corrected chi connectivity index (χ4v) is 4.13. The number of hydrogen-bond acceptors (Lipinski definition) is 3. The van der Waals surface area contributed by atoms with Gasteiger partial charge >= 0.3 is 0 Å². The molecule has 0 bridgehead atoms. The van der Waals surface area contributed by atoms with Gasteiger partial charge in [0.25, 0.3) is 11.8 Å². The Morgan fingerprint density at radius 1 is 0.763 bits per heavy atom. The van der Waals surface area contributed by atoms with Crippen molar-refractivity contribution in [2.45, 2.75) is 13.8 Å². The largest absolute Gasteiger partial charge is 0.317 e. The zero-order valence-electron chi connectivity index (χ0n) is 21.1. The van der Waals surface area contributed by atoms with Crippen molar-refractivity contribution in [2.24, 2.45) is 0 Å². The Bertz CT molecular complexity index is 1580. The summed E-state index contributed by atoms with van der Waals surface area (Å²) in [5, 5.41) is 7.65. The minimum Gasteiger partial charge on any atom is -0.317 e. The van der Waals surface area contributed by atoms with Gasteiger partial charge in [-0.3, -0.25) is 19.7 Å². The van der Waals surface area contributed by atoms with Crippen LogP contribution in [0.15, 0.2) is 115 Å². The highest BCUT2D eigenvalue weighted by Gasteiger charge is 2.19. The summed E-state index contributed by atoms with van der Waals surface area (Å²) in [6, 6.07) is 32.1. The molecule has 0 saturated carbocycles. The average molecular weight is 502 g/mol. The molecular formula is C31H27N5O2. The zero-order chi connectivity index (χ0) is 26.5. The van der Waals surface area contributed by atoms with E-state index in [2.05, 4.69) is 10.7 Å². The summed E-state index contributed by atoms with van der Waals surface area (Å²) in [5.74, 6) is -0.840. The summed E-state index contributed by atoms with van der Waals surface area (Å²) in [6.45, 7) is 3.80. The lowest BCUT2D eigenvalue weighted by atomic mass is 10.1. The molecule has 5 aromatic rings. The molecule has 2 amide bonds. The van der Waals surface area contributed by atoms with Crippen molar-refractivity contribution in [3.8, 4) is 16.9 Å². The maximum absolute atomic E-state index is 13.6. The van der Waals surface area contributed by atoms with Crippen molar-refractivity contribution in [2.75, 3.05) is 5.43 Å². The van der Waals surface area contributed by atoms with Crippen molar-refractivity contribution in [1.29, 1.82) is 0 Å². The Balaban J connectivity index is 1.60. The van der Waals surface area contributed by atoms with Gasteiger partial charge in [-0.25, -0.2) is 4.68 Å². The number of para-hydroxylation sites is 1. The van der Waals surface area contributed by atoms with Gasteiger partial charge < -0.3 is 5.32 Å². The first kappa shape index (κ1) is 24.5. The lowest BCUT2D eigenvalue weighted by Crippen LogP contribution is -2.34. The van der Waals surface area contributed by atoms with Gasteiger partial charge in [0, 0.05) is 34.3 Å². The Labute approximate surface area is 221 Å². The number of nitrogens with zero attached hydrogens (tertiary/aromatic N) is 3. The smallest absolute Gasteiger partial charge is 0.286 e. The molecular weight excluding hydrogens is 474 g/mol. The van der Waals surface area contributed by atoms with E-state index in [0.29, 0.717) is 16.8 Å². The predicted molar refractivity (Wildman–Crippen MR) is 149 cm³/mol. The quantitative estimate of drug-likeness (QED) is 0.289. The van der Waals surface area contributed by atoms with Crippen LogP contribution in [0.2, 0.25) is 0 Å². The van der Waals surface area contributed by atoms with Crippen LogP contribution >= 0.6 is 0 Å². The fourth-order valence-electron chi connectivity index (χ4n) is 4.13. The van der Waals surface area contributed by atoms with Crippen molar-refractivity contribution in [1.82, 2.24) is 19.8 Å². The van der Waals surface area contributed by atoms with Crippen LogP contribution < -0.4 is 10.7 Å². The van der Waals surface area contributed by atoms with Crippen LogP contribution in [-0.2, 0) is 4.79 Å². The van der Waals surface area contributed by atoms with E-state index in [1.807, 2.05) is 98.9 Å². The van der Waals surface area contributed by atoms with E-state index in [1.165, 1.54) is 0 Å². The summed E-state index contributed by atoms with van der Waals surface area (Å²) in [7, 11) is 0. The first-order valence-electron chi connectivity index (χ1n) is 12.2. The Morgan fingerprint density at radius 3 is 1.97 bits per heavy atom. The van der Waals surface area contributed by atoms with Crippen LogP contribution in [0.25, 0.3) is 23.0 Å². The molecule has 0 atom stereocenters. The second-order valence-electron chi connectivity index (χ2n) is 8.85. The third-order valence-corrected chi connectivity index (χ3v) is 6.12. The van der Waals surface area contributed by atoms with E-state index in [4.69, 9.17) is 5.10 Å². The van der Waals surface area contributed by atoms with Crippen LogP contribution in [0, 0.1) is 13.8 Å². The first-order chi connectivity index (χ1) is 18.5. The molecule has 5 rings (SSSR count). The van der Waals surface area contributed by atoms with Crippen molar-refractivity contribution in [3.05, 3.63) is 138 Å². The van der Waals surface area contributed by atoms with Gasteiger partial charge in [-0.2, -0.15) is 5.10 Å². The summed E-state index contributed by atoms with van der Waals surface area (Å²) in [6.07, 6.45) is 3.52.